The second kappa shape index (κ2) is 5.89. The van der Waals surface area contributed by atoms with Crippen LogP contribution < -0.4 is 5.56 Å². The third-order valence-electron chi connectivity index (χ3n) is 4.82. The van der Waals surface area contributed by atoms with Gasteiger partial charge < -0.3 is 4.90 Å². The van der Waals surface area contributed by atoms with E-state index in [2.05, 4.69) is 5.10 Å². The molecule has 124 valence electrons. The summed E-state index contributed by atoms with van der Waals surface area (Å²) >= 11 is 0. The van der Waals surface area contributed by atoms with Crippen LogP contribution in [0, 0.1) is 12.8 Å². The molecule has 0 radical (unpaired) electrons. The number of rotatable bonds is 4. The van der Waals surface area contributed by atoms with Gasteiger partial charge in [-0.1, -0.05) is 17.7 Å². The first-order valence-corrected chi connectivity index (χ1v) is 8.54. The van der Waals surface area contributed by atoms with Gasteiger partial charge in [-0.05, 0) is 38.0 Å². The Balaban J connectivity index is 1.39. The molecule has 0 bridgehead atoms. The zero-order chi connectivity index (χ0) is 16.7. The zero-order valence-corrected chi connectivity index (χ0v) is 13.8. The summed E-state index contributed by atoms with van der Waals surface area (Å²) in [5.74, 6) is 0.915. The van der Waals surface area contributed by atoms with Crippen LogP contribution in [-0.4, -0.2) is 33.7 Å². The van der Waals surface area contributed by atoms with Crippen LogP contribution in [0.5, 0.6) is 0 Å². The van der Waals surface area contributed by atoms with Gasteiger partial charge in [0.15, 0.2) is 0 Å². The van der Waals surface area contributed by atoms with Crippen molar-refractivity contribution in [2.24, 2.45) is 5.92 Å². The monoisotopic (exact) mass is 323 g/mol. The molecular weight excluding hydrogens is 302 g/mol. The van der Waals surface area contributed by atoms with Crippen LogP contribution in [0.4, 0.5) is 0 Å². The van der Waals surface area contributed by atoms with Gasteiger partial charge in [0.25, 0.3) is 11.5 Å². The fraction of sp³-hybridized carbons (Fsp3) is 0.421. The summed E-state index contributed by atoms with van der Waals surface area (Å²) in [6.07, 6.45) is 2.35. The number of hydrogen-bond donors (Lipinski definition) is 0. The molecule has 2 heterocycles. The minimum absolute atomic E-state index is 0.0529. The lowest BCUT2D eigenvalue weighted by atomic mass is 9.98. The molecule has 0 atom stereocenters. The maximum absolute atomic E-state index is 12.4. The van der Waals surface area contributed by atoms with E-state index in [0.717, 1.165) is 16.8 Å². The third kappa shape index (κ3) is 2.98. The van der Waals surface area contributed by atoms with Gasteiger partial charge in [-0.3, -0.25) is 9.59 Å². The molecule has 1 saturated heterocycles. The summed E-state index contributed by atoms with van der Waals surface area (Å²) in [7, 11) is 0. The van der Waals surface area contributed by atoms with Crippen LogP contribution in [0.15, 0.2) is 41.2 Å². The van der Waals surface area contributed by atoms with E-state index in [1.807, 2.05) is 42.2 Å². The van der Waals surface area contributed by atoms with E-state index in [1.165, 1.54) is 12.8 Å². The van der Waals surface area contributed by atoms with Gasteiger partial charge in [-0.15, -0.1) is 0 Å². The van der Waals surface area contributed by atoms with Gasteiger partial charge >= 0.3 is 0 Å². The van der Waals surface area contributed by atoms with Crippen molar-refractivity contribution in [1.29, 1.82) is 0 Å². The van der Waals surface area contributed by atoms with E-state index in [0.29, 0.717) is 31.5 Å². The normalized spacial score (nSPS) is 17.6. The molecular formula is C19H21N3O2. The highest BCUT2D eigenvalue weighted by Gasteiger charge is 2.32. The molecule has 4 rings (SSSR count). The minimum Gasteiger partial charge on any atom is -0.338 e. The predicted molar refractivity (Wildman–Crippen MR) is 91.0 cm³/mol. The summed E-state index contributed by atoms with van der Waals surface area (Å²) in [6.45, 7) is 3.96. The molecule has 1 aromatic carbocycles. The second-order valence-electron chi connectivity index (χ2n) is 7.00. The molecule has 0 N–H and O–H groups in total. The second-order valence-corrected chi connectivity index (χ2v) is 7.00. The van der Waals surface area contributed by atoms with Gasteiger partial charge in [-0.25, -0.2) is 4.68 Å². The summed E-state index contributed by atoms with van der Waals surface area (Å²) in [5, 5.41) is 4.50. The van der Waals surface area contributed by atoms with Crippen LogP contribution in [0.25, 0.3) is 0 Å². The standard InChI is InChI=1S/C19H21N3O2/c1-13-3-2-4-16(9-13)19(24)21-10-14(11-21)12-22-18(23)8-7-17(20-22)15-5-6-15/h2-4,7-9,14-15H,5-6,10-12H2,1H3. The lowest BCUT2D eigenvalue weighted by molar-refractivity contribution is 0.0458. The van der Waals surface area contributed by atoms with Crippen molar-refractivity contribution in [3.05, 3.63) is 63.6 Å². The summed E-state index contributed by atoms with van der Waals surface area (Å²) in [6, 6.07) is 11.1. The first-order chi connectivity index (χ1) is 11.6. The maximum Gasteiger partial charge on any atom is 0.266 e. The van der Waals surface area contributed by atoms with Crippen molar-refractivity contribution in [2.45, 2.75) is 32.2 Å². The van der Waals surface area contributed by atoms with Crippen LogP contribution in [-0.2, 0) is 6.54 Å². The summed E-state index contributed by atoms with van der Waals surface area (Å²) < 4.78 is 1.58. The molecule has 1 saturated carbocycles. The van der Waals surface area contributed by atoms with Crippen molar-refractivity contribution in [2.75, 3.05) is 13.1 Å². The number of aromatic nitrogens is 2. The number of aryl methyl sites for hydroxylation is 1. The predicted octanol–water partition coefficient (Wildman–Crippen LogP) is 2.20. The topological polar surface area (TPSA) is 55.2 Å². The van der Waals surface area contributed by atoms with E-state index in [9.17, 15) is 9.59 Å². The lowest BCUT2D eigenvalue weighted by Gasteiger charge is -2.39. The van der Waals surface area contributed by atoms with Gasteiger partial charge in [-0.2, -0.15) is 5.10 Å². The van der Waals surface area contributed by atoms with E-state index in [-0.39, 0.29) is 11.5 Å². The highest BCUT2D eigenvalue weighted by Crippen LogP contribution is 2.38. The van der Waals surface area contributed by atoms with Crippen molar-refractivity contribution in [1.82, 2.24) is 14.7 Å². The number of carbonyl (C=O) groups excluding carboxylic acids is 1. The van der Waals surface area contributed by atoms with E-state index >= 15 is 0 Å². The molecule has 1 amide bonds. The Bertz CT molecular complexity index is 833. The molecule has 5 heteroatoms. The number of hydrogen-bond acceptors (Lipinski definition) is 3. The fourth-order valence-electron chi connectivity index (χ4n) is 3.25. The first kappa shape index (κ1) is 15.1. The molecule has 2 fully saturated rings. The smallest absolute Gasteiger partial charge is 0.266 e. The molecule has 2 aliphatic rings. The lowest BCUT2D eigenvalue weighted by Crippen LogP contribution is -2.52. The maximum atomic E-state index is 12.4. The Morgan fingerprint density at radius 1 is 1.21 bits per heavy atom. The summed E-state index contributed by atoms with van der Waals surface area (Å²) in [4.78, 5) is 26.3. The first-order valence-electron chi connectivity index (χ1n) is 8.54. The minimum atomic E-state index is -0.0529. The molecule has 1 aliphatic heterocycles. The zero-order valence-electron chi connectivity index (χ0n) is 13.8. The Hall–Kier alpha value is -2.43. The Morgan fingerprint density at radius 2 is 2.00 bits per heavy atom. The largest absolute Gasteiger partial charge is 0.338 e. The Labute approximate surface area is 140 Å². The molecule has 0 unspecified atom stereocenters. The number of amides is 1. The molecule has 1 aromatic heterocycles. The van der Waals surface area contributed by atoms with Crippen molar-refractivity contribution in [3.63, 3.8) is 0 Å². The molecule has 24 heavy (non-hydrogen) atoms. The number of benzene rings is 1. The van der Waals surface area contributed by atoms with Crippen molar-refractivity contribution in [3.8, 4) is 0 Å². The molecule has 5 nitrogen and oxygen atoms in total. The molecule has 2 aromatic rings. The van der Waals surface area contributed by atoms with Crippen molar-refractivity contribution < 1.29 is 4.79 Å². The van der Waals surface area contributed by atoms with Crippen LogP contribution in [0.2, 0.25) is 0 Å². The number of carbonyl (C=O) groups is 1. The average molecular weight is 323 g/mol. The van der Waals surface area contributed by atoms with Crippen LogP contribution >= 0.6 is 0 Å². The average Bonchev–Trinajstić information content (AvgIpc) is 3.36. The van der Waals surface area contributed by atoms with E-state index < -0.39 is 0 Å². The molecule has 0 spiro atoms. The van der Waals surface area contributed by atoms with Crippen LogP contribution in [0.1, 0.15) is 40.4 Å². The van der Waals surface area contributed by atoms with Crippen molar-refractivity contribution >= 4 is 5.91 Å². The van der Waals surface area contributed by atoms with E-state index in [1.54, 1.807) is 10.7 Å². The van der Waals surface area contributed by atoms with Crippen LogP contribution in [0.3, 0.4) is 0 Å². The number of likely N-dealkylation sites (tertiary alicyclic amines) is 1. The van der Waals surface area contributed by atoms with Gasteiger partial charge in [0.2, 0.25) is 0 Å². The third-order valence-corrected chi connectivity index (χ3v) is 4.82. The highest BCUT2D eigenvalue weighted by molar-refractivity contribution is 5.94. The Morgan fingerprint density at radius 3 is 2.71 bits per heavy atom. The van der Waals surface area contributed by atoms with E-state index in [4.69, 9.17) is 0 Å². The highest BCUT2D eigenvalue weighted by atomic mass is 16.2. The van der Waals surface area contributed by atoms with Gasteiger partial charge in [0.1, 0.15) is 0 Å². The van der Waals surface area contributed by atoms with Gasteiger partial charge in [0, 0.05) is 36.6 Å². The quantitative estimate of drug-likeness (QED) is 0.867. The number of nitrogens with zero attached hydrogens (tertiary/aromatic N) is 3. The summed E-state index contributed by atoms with van der Waals surface area (Å²) in [5.41, 5.74) is 2.80. The fourth-order valence-corrected chi connectivity index (χ4v) is 3.25. The van der Waals surface area contributed by atoms with Gasteiger partial charge in [0.05, 0.1) is 12.2 Å². The Kier molecular flexibility index (Phi) is 3.71. The molecule has 1 aliphatic carbocycles. The SMILES string of the molecule is Cc1cccc(C(=O)N2CC(Cn3nc(C4CC4)ccc3=O)C2)c1.